The summed E-state index contributed by atoms with van der Waals surface area (Å²) < 4.78 is 38.6. The molecule has 34 heavy (non-hydrogen) atoms. The number of carbonyl (C=O) groups excluding carboxylic acids is 1. The molecule has 2 saturated heterocycles. The van der Waals surface area contributed by atoms with Crippen LogP contribution in [0.5, 0.6) is 0 Å². The Kier molecular flexibility index (Phi) is 6.40. The number of sulfonamides is 1. The maximum atomic E-state index is 13.1. The van der Waals surface area contributed by atoms with Gasteiger partial charge in [-0.3, -0.25) is 9.89 Å². The van der Waals surface area contributed by atoms with Gasteiger partial charge in [0, 0.05) is 43.8 Å². The zero-order valence-electron chi connectivity index (χ0n) is 18.6. The Morgan fingerprint density at radius 1 is 1.06 bits per heavy atom. The Labute approximate surface area is 197 Å². The summed E-state index contributed by atoms with van der Waals surface area (Å²) in [5, 5.41) is 9.40. The van der Waals surface area contributed by atoms with Gasteiger partial charge in [-0.25, -0.2) is 8.42 Å². The number of carbonyl (C=O) groups is 1. The minimum atomic E-state index is -3.85. The largest absolute Gasteiger partial charge is 0.442 e. The number of benzene rings is 1. The average molecular weight is 486 g/mol. The molecule has 1 unspecified atom stereocenters. The number of hydrogen-bond donors (Lipinski definition) is 2. The smallest absolute Gasteiger partial charge is 0.276 e. The molecule has 2 aromatic heterocycles. The average Bonchev–Trinajstić information content (AvgIpc) is 3.58. The molecule has 180 valence electrons. The Balaban J connectivity index is 1.22. The van der Waals surface area contributed by atoms with E-state index in [1.54, 1.807) is 18.3 Å². The van der Waals surface area contributed by atoms with Gasteiger partial charge in [-0.15, -0.1) is 0 Å². The van der Waals surface area contributed by atoms with E-state index in [1.807, 2.05) is 24.3 Å². The van der Waals surface area contributed by atoms with E-state index < -0.39 is 15.9 Å². The Morgan fingerprint density at radius 2 is 1.85 bits per heavy atom. The number of hydrogen-bond acceptors (Lipinski definition) is 7. The molecule has 4 heterocycles. The second-order valence-corrected chi connectivity index (χ2v) is 10.3. The first-order valence-corrected chi connectivity index (χ1v) is 12.8. The molecule has 0 spiro atoms. The van der Waals surface area contributed by atoms with Crippen molar-refractivity contribution in [1.29, 1.82) is 0 Å². The maximum Gasteiger partial charge on any atom is 0.276 e. The predicted molar refractivity (Wildman–Crippen MR) is 126 cm³/mol. The first-order valence-electron chi connectivity index (χ1n) is 11.3. The third-order valence-electron chi connectivity index (χ3n) is 6.21. The van der Waals surface area contributed by atoms with E-state index in [1.165, 1.54) is 10.4 Å². The van der Waals surface area contributed by atoms with Crippen LogP contribution < -0.4 is 10.2 Å². The van der Waals surface area contributed by atoms with Crippen LogP contribution >= 0.6 is 0 Å². The van der Waals surface area contributed by atoms with Gasteiger partial charge >= 0.3 is 0 Å². The molecular weight excluding hydrogens is 458 g/mol. The summed E-state index contributed by atoms with van der Waals surface area (Å²) in [5.74, 6) is -0.232. The first kappa shape index (κ1) is 22.6. The maximum absolute atomic E-state index is 13.1. The van der Waals surface area contributed by atoms with E-state index in [0.717, 1.165) is 18.8 Å². The molecule has 0 saturated carbocycles. The molecule has 1 amide bonds. The highest BCUT2D eigenvalue weighted by Gasteiger charge is 2.35. The molecule has 2 aliphatic rings. The zero-order valence-corrected chi connectivity index (χ0v) is 19.5. The van der Waals surface area contributed by atoms with E-state index >= 15 is 0 Å². The van der Waals surface area contributed by atoms with Crippen LogP contribution in [-0.2, 0) is 19.6 Å². The number of amides is 1. The molecule has 1 aromatic carbocycles. The van der Waals surface area contributed by atoms with Gasteiger partial charge in [0.15, 0.2) is 5.76 Å². The van der Waals surface area contributed by atoms with Gasteiger partial charge in [-0.05, 0) is 55.3 Å². The number of aromatic nitrogens is 2. The number of nitrogens with zero attached hydrogens (tertiary/aromatic N) is 3. The fourth-order valence-electron chi connectivity index (χ4n) is 4.32. The lowest BCUT2D eigenvalue weighted by Crippen LogP contribution is -2.43. The van der Waals surface area contributed by atoms with Crippen molar-refractivity contribution in [2.24, 2.45) is 5.92 Å². The van der Waals surface area contributed by atoms with Crippen LogP contribution in [0.25, 0.3) is 11.5 Å². The van der Waals surface area contributed by atoms with Crippen molar-refractivity contribution in [2.45, 2.75) is 17.9 Å². The molecule has 0 bridgehead atoms. The summed E-state index contributed by atoms with van der Waals surface area (Å²) in [4.78, 5) is 15.2. The van der Waals surface area contributed by atoms with Gasteiger partial charge in [0.05, 0.1) is 19.1 Å². The van der Waals surface area contributed by atoms with Gasteiger partial charge in [0.25, 0.3) is 10.0 Å². The van der Waals surface area contributed by atoms with Gasteiger partial charge < -0.3 is 19.4 Å². The lowest BCUT2D eigenvalue weighted by Gasteiger charge is -2.30. The summed E-state index contributed by atoms with van der Waals surface area (Å²) in [6.45, 7) is 3.57. The summed E-state index contributed by atoms with van der Waals surface area (Å²) in [6, 6.07) is 12.4. The number of anilines is 2. The lowest BCUT2D eigenvalue weighted by molar-refractivity contribution is -0.120. The van der Waals surface area contributed by atoms with Crippen molar-refractivity contribution in [3.63, 3.8) is 0 Å². The van der Waals surface area contributed by atoms with E-state index in [-0.39, 0.29) is 17.5 Å². The molecule has 0 radical (unpaired) electrons. The molecule has 5 rings (SSSR count). The molecule has 3 aromatic rings. The second kappa shape index (κ2) is 9.61. The molecular formula is C23H27N5O5S. The number of aromatic amines is 1. The van der Waals surface area contributed by atoms with Crippen LogP contribution in [0.4, 0.5) is 11.4 Å². The first-order chi connectivity index (χ1) is 16.5. The fraction of sp³-hybridized carbons (Fsp3) is 0.391. The normalized spacial score (nSPS) is 19.8. The molecule has 2 fully saturated rings. The van der Waals surface area contributed by atoms with Crippen molar-refractivity contribution in [3.05, 3.63) is 48.7 Å². The molecule has 11 heteroatoms. The highest BCUT2D eigenvalue weighted by Crippen LogP contribution is 2.29. The van der Waals surface area contributed by atoms with Crippen LogP contribution in [0.1, 0.15) is 12.8 Å². The summed E-state index contributed by atoms with van der Waals surface area (Å²) >= 11 is 0. The third-order valence-corrected chi connectivity index (χ3v) is 7.95. The minimum Gasteiger partial charge on any atom is -0.442 e. The topological polar surface area (TPSA) is 121 Å². The van der Waals surface area contributed by atoms with Crippen LogP contribution in [0.2, 0.25) is 0 Å². The highest BCUT2D eigenvalue weighted by atomic mass is 32.2. The third kappa shape index (κ3) is 4.72. The van der Waals surface area contributed by atoms with E-state index in [2.05, 4.69) is 20.4 Å². The molecule has 2 N–H and O–H groups in total. The molecule has 0 aliphatic carbocycles. The van der Waals surface area contributed by atoms with Crippen molar-refractivity contribution in [3.8, 4) is 11.5 Å². The summed E-state index contributed by atoms with van der Waals surface area (Å²) in [7, 11) is -3.85. The van der Waals surface area contributed by atoms with Gasteiger partial charge in [0.1, 0.15) is 5.69 Å². The van der Waals surface area contributed by atoms with Crippen LogP contribution in [-0.4, -0.2) is 68.2 Å². The standard InChI is InChI=1S/C23H27N5O5S/c29-23(25-18-3-5-19(6-4-18)27-12-14-32-15-13-27)17-2-1-11-28(16-17)34(30,31)22-8-7-21(33-22)20-9-10-24-26-20/h3-10,17H,1-2,11-16H2,(H,24,26)(H,25,29). The Bertz CT molecular complexity index is 1220. The van der Waals surface area contributed by atoms with E-state index in [0.29, 0.717) is 49.7 Å². The fourth-order valence-corrected chi connectivity index (χ4v) is 5.76. The SMILES string of the molecule is O=C(Nc1ccc(N2CCOCC2)cc1)C1CCCN(S(=O)(=O)c2ccc(-c3ccn[nH]3)o2)C1. The van der Waals surface area contributed by atoms with Crippen molar-refractivity contribution in [2.75, 3.05) is 49.6 Å². The number of rotatable bonds is 6. The number of piperidine rings is 1. The zero-order chi connectivity index (χ0) is 23.5. The number of morpholine rings is 1. The van der Waals surface area contributed by atoms with Gasteiger partial charge in [-0.2, -0.15) is 9.40 Å². The van der Waals surface area contributed by atoms with Crippen molar-refractivity contribution < 1.29 is 22.4 Å². The highest BCUT2D eigenvalue weighted by molar-refractivity contribution is 7.89. The number of nitrogens with one attached hydrogen (secondary N) is 2. The quantitative estimate of drug-likeness (QED) is 0.550. The van der Waals surface area contributed by atoms with Gasteiger partial charge in [0.2, 0.25) is 11.0 Å². The Morgan fingerprint density at radius 3 is 2.59 bits per heavy atom. The summed E-state index contributed by atoms with van der Waals surface area (Å²) in [6.07, 6.45) is 2.79. The molecule has 2 aliphatic heterocycles. The number of furan rings is 1. The molecule has 10 nitrogen and oxygen atoms in total. The number of ether oxygens (including phenoxy) is 1. The Hall–Kier alpha value is -3.15. The van der Waals surface area contributed by atoms with Gasteiger partial charge in [-0.1, -0.05) is 0 Å². The number of H-pyrrole nitrogens is 1. The predicted octanol–water partition coefficient (Wildman–Crippen LogP) is 2.55. The van der Waals surface area contributed by atoms with E-state index in [4.69, 9.17) is 9.15 Å². The van der Waals surface area contributed by atoms with Crippen LogP contribution in [0.15, 0.2) is 58.2 Å². The van der Waals surface area contributed by atoms with Crippen LogP contribution in [0.3, 0.4) is 0 Å². The van der Waals surface area contributed by atoms with E-state index in [9.17, 15) is 13.2 Å². The lowest BCUT2D eigenvalue weighted by atomic mass is 9.98. The van der Waals surface area contributed by atoms with Crippen molar-refractivity contribution in [1.82, 2.24) is 14.5 Å². The van der Waals surface area contributed by atoms with Crippen LogP contribution in [0, 0.1) is 5.92 Å². The minimum absolute atomic E-state index is 0.111. The molecule has 1 atom stereocenters. The second-order valence-electron chi connectivity index (χ2n) is 8.43. The van der Waals surface area contributed by atoms with Crippen molar-refractivity contribution >= 4 is 27.3 Å². The summed E-state index contributed by atoms with van der Waals surface area (Å²) in [5.41, 5.74) is 2.37. The monoisotopic (exact) mass is 485 g/mol.